The fraction of sp³-hybridized carbons (Fsp3) is 0.545. The molecule has 1 N–H and O–H groups in total. The molecule has 0 unspecified atom stereocenters. The highest BCUT2D eigenvalue weighted by atomic mass is 79.9. The predicted octanol–water partition coefficient (Wildman–Crippen LogP) is 3.83. The highest BCUT2D eigenvalue weighted by Crippen LogP contribution is 2.21. The van der Waals surface area contributed by atoms with E-state index in [1.54, 1.807) is 0 Å². The number of nitrogens with zero attached hydrogens (tertiary/aromatic N) is 1. The van der Waals surface area contributed by atoms with E-state index in [1.807, 2.05) is 18.2 Å². The Morgan fingerprint density at radius 3 is 2.50 bits per heavy atom. The largest absolute Gasteiger partial charge is 0.365 e. The van der Waals surface area contributed by atoms with Crippen molar-refractivity contribution in [3.8, 4) is 0 Å². The van der Waals surface area contributed by atoms with Crippen molar-refractivity contribution in [1.82, 2.24) is 4.98 Å². The molecule has 0 bridgehead atoms. The van der Waals surface area contributed by atoms with Gasteiger partial charge in [0.15, 0.2) is 0 Å². The van der Waals surface area contributed by atoms with Crippen LogP contribution in [-0.4, -0.2) is 10.5 Å². The Hall–Kier alpha value is -0.570. The number of aromatic nitrogens is 1. The summed E-state index contributed by atoms with van der Waals surface area (Å²) in [6, 6.07) is 5.92. The molecule has 1 rings (SSSR count). The molecule has 78 valence electrons. The van der Waals surface area contributed by atoms with E-state index in [9.17, 15) is 0 Å². The maximum absolute atomic E-state index is 4.36. The summed E-state index contributed by atoms with van der Waals surface area (Å²) in [5.41, 5.74) is 0.147. The van der Waals surface area contributed by atoms with Crippen LogP contribution in [0.1, 0.15) is 33.6 Å². The lowest BCUT2D eigenvalue weighted by Crippen LogP contribution is -2.33. The van der Waals surface area contributed by atoms with Crippen LogP contribution in [0.4, 0.5) is 5.82 Å². The second-order valence-electron chi connectivity index (χ2n) is 3.74. The Bertz CT molecular complexity index is 295. The van der Waals surface area contributed by atoms with Gasteiger partial charge in [-0.1, -0.05) is 19.9 Å². The van der Waals surface area contributed by atoms with Gasteiger partial charge in [0.25, 0.3) is 0 Å². The first-order chi connectivity index (χ1) is 6.59. The number of rotatable bonds is 4. The van der Waals surface area contributed by atoms with E-state index < -0.39 is 0 Å². The van der Waals surface area contributed by atoms with Crippen LogP contribution in [0.2, 0.25) is 0 Å². The standard InChI is InChI=1S/C11H17BrN2/c1-4-11(3,5-2)14-10-8-6-7-9(12)13-10/h6-8H,4-5H2,1-3H3,(H,13,14). The minimum atomic E-state index is 0.147. The molecule has 0 fully saturated rings. The first kappa shape index (κ1) is 11.5. The number of nitrogens with one attached hydrogen (secondary N) is 1. The third kappa shape index (κ3) is 2.98. The fourth-order valence-electron chi connectivity index (χ4n) is 1.21. The lowest BCUT2D eigenvalue weighted by atomic mass is 9.96. The summed E-state index contributed by atoms with van der Waals surface area (Å²) in [6.45, 7) is 6.60. The van der Waals surface area contributed by atoms with Crippen LogP contribution in [-0.2, 0) is 0 Å². The molecule has 0 aliphatic heterocycles. The molecule has 0 amide bonds. The second kappa shape index (κ2) is 4.78. The highest BCUT2D eigenvalue weighted by molar-refractivity contribution is 9.10. The molecule has 1 heterocycles. The molecule has 0 aromatic carbocycles. The molecule has 0 aliphatic rings. The number of halogens is 1. The first-order valence-electron chi connectivity index (χ1n) is 5.00. The summed E-state index contributed by atoms with van der Waals surface area (Å²) in [4.78, 5) is 4.36. The SMILES string of the molecule is CCC(C)(CC)Nc1cccc(Br)n1. The lowest BCUT2D eigenvalue weighted by molar-refractivity contribution is 0.476. The molecule has 2 nitrogen and oxygen atoms in total. The summed E-state index contributed by atoms with van der Waals surface area (Å²) in [7, 11) is 0. The van der Waals surface area contributed by atoms with Crippen LogP contribution in [0, 0.1) is 0 Å². The molecule has 0 saturated heterocycles. The third-order valence-electron chi connectivity index (χ3n) is 2.71. The van der Waals surface area contributed by atoms with Crippen LogP contribution in [0.25, 0.3) is 0 Å². The van der Waals surface area contributed by atoms with Crippen molar-refractivity contribution < 1.29 is 0 Å². The van der Waals surface area contributed by atoms with Crippen molar-refractivity contribution in [3.63, 3.8) is 0 Å². The summed E-state index contributed by atoms with van der Waals surface area (Å²) < 4.78 is 0.872. The third-order valence-corrected chi connectivity index (χ3v) is 3.15. The normalized spacial score (nSPS) is 11.4. The average molecular weight is 257 g/mol. The van der Waals surface area contributed by atoms with Gasteiger partial charge in [0.05, 0.1) is 0 Å². The maximum atomic E-state index is 4.36. The summed E-state index contributed by atoms with van der Waals surface area (Å²) in [5.74, 6) is 0.936. The number of hydrogen-bond donors (Lipinski definition) is 1. The van der Waals surface area contributed by atoms with Crippen molar-refractivity contribution in [2.75, 3.05) is 5.32 Å². The number of pyridine rings is 1. The van der Waals surface area contributed by atoms with Crippen molar-refractivity contribution >= 4 is 21.7 Å². The van der Waals surface area contributed by atoms with Gasteiger partial charge in [0.2, 0.25) is 0 Å². The quantitative estimate of drug-likeness (QED) is 0.829. The summed E-state index contributed by atoms with van der Waals surface area (Å²) in [6.07, 6.45) is 2.19. The van der Waals surface area contributed by atoms with Gasteiger partial charge in [0, 0.05) is 5.54 Å². The van der Waals surface area contributed by atoms with Crippen molar-refractivity contribution in [2.24, 2.45) is 0 Å². The molecule has 1 aromatic heterocycles. The minimum Gasteiger partial charge on any atom is -0.365 e. The Morgan fingerprint density at radius 1 is 1.36 bits per heavy atom. The zero-order chi connectivity index (χ0) is 10.6. The molecule has 0 spiro atoms. The fourth-order valence-corrected chi connectivity index (χ4v) is 1.56. The lowest BCUT2D eigenvalue weighted by Gasteiger charge is -2.28. The molecule has 1 aromatic rings. The van der Waals surface area contributed by atoms with Crippen molar-refractivity contribution in [3.05, 3.63) is 22.8 Å². The van der Waals surface area contributed by atoms with Gasteiger partial charge in [-0.3, -0.25) is 0 Å². The molecule has 0 aliphatic carbocycles. The van der Waals surface area contributed by atoms with E-state index >= 15 is 0 Å². The number of anilines is 1. The molecule has 3 heteroatoms. The van der Waals surface area contributed by atoms with E-state index in [0.29, 0.717) is 0 Å². The topological polar surface area (TPSA) is 24.9 Å². The van der Waals surface area contributed by atoms with Gasteiger partial charge in [-0.05, 0) is 47.8 Å². The monoisotopic (exact) mass is 256 g/mol. The Morgan fingerprint density at radius 2 is 2.00 bits per heavy atom. The number of hydrogen-bond acceptors (Lipinski definition) is 2. The van der Waals surface area contributed by atoms with Crippen molar-refractivity contribution in [2.45, 2.75) is 39.2 Å². The predicted molar refractivity (Wildman–Crippen MR) is 64.5 cm³/mol. The molecular formula is C11H17BrN2. The molecule has 14 heavy (non-hydrogen) atoms. The van der Waals surface area contributed by atoms with E-state index in [4.69, 9.17) is 0 Å². The minimum absolute atomic E-state index is 0.147. The highest BCUT2D eigenvalue weighted by Gasteiger charge is 2.19. The summed E-state index contributed by atoms with van der Waals surface area (Å²) in [5, 5.41) is 3.45. The Balaban J connectivity index is 2.77. The molecular weight excluding hydrogens is 240 g/mol. The second-order valence-corrected chi connectivity index (χ2v) is 4.55. The summed E-state index contributed by atoms with van der Waals surface area (Å²) >= 11 is 3.36. The Labute approximate surface area is 94.3 Å². The van der Waals surface area contributed by atoms with Gasteiger partial charge in [-0.15, -0.1) is 0 Å². The van der Waals surface area contributed by atoms with E-state index in [1.165, 1.54) is 0 Å². The average Bonchev–Trinajstić information content (AvgIpc) is 2.18. The first-order valence-corrected chi connectivity index (χ1v) is 5.79. The van der Waals surface area contributed by atoms with Gasteiger partial charge in [-0.2, -0.15) is 0 Å². The molecule has 0 saturated carbocycles. The van der Waals surface area contributed by atoms with Crippen molar-refractivity contribution in [1.29, 1.82) is 0 Å². The van der Waals surface area contributed by atoms with Crippen LogP contribution >= 0.6 is 15.9 Å². The smallest absolute Gasteiger partial charge is 0.127 e. The maximum Gasteiger partial charge on any atom is 0.127 e. The van der Waals surface area contributed by atoms with E-state index in [2.05, 4.69) is 47.0 Å². The van der Waals surface area contributed by atoms with E-state index in [0.717, 1.165) is 23.3 Å². The van der Waals surface area contributed by atoms with Gasteiger partial charge >= 0.3 is 0 Å². The Kier molecular flexibility index (Phi) is 3.93. The van der Waals surface area contributed by atoms with E-state index in [-0.39, 0.29) is 5.54 Å². The zero-order valence-electron chi connectivity index (χ0n) is 8.97. The van der Waals surface area contributed by atoms with Crippen LogP contribution < -0.4 is 5.32 Å². The molecule has 0 atom stereocenters. The zero-order valence-corrected chi connectivity index (χ0v) is 10.6. The van der Waals surface area contributed by atoms with Crippen LogP contribution in [0.5, 0.6) is 0 Å². The van der Waals surface area contributed by atoms with Crippen LogP contribution in [0.15, 0.2) is 22.8 Å². The van der Waals surface area contributed by atoms with Gasteiger partial charge in [0.1, 0.15) is 10.4 Å². The van der Waals surface area contributed by atoms with Gasteiger partial charge in [-0.25, -0.2) is 4.98 Å². The van der Waals surface area contributed by atoms with Crippen LogP contribution in [0.3, 0.4) is 0 Å². The molecule has 0 radical (unpaired) electrons. The van der Waals surface area contributed by atoms with Gasteiger partial charge < -0.3 is 5.32 Å².